The van der Waals surface area contributed by atoms with Crippen molar-refractivity contribution in [1.82, 2.24) is 14.3 Å². The van der Waals surface area contributed by atoms with Crippen molar-refractivity contribution in [2.75, 3.05) is 36.4 Å². The molecular weight excluding hydrogens is 470 g/mol. The lowest BCUT2D eigenvalue weighted by atomic mass is 10.1. The van der Waals surface area contributed by atoms with Gasteiger partial charge in [0.25, 0.3) is 5.56 Å². The molecule has 9 heteroatoms. The van der Waals surface area contributed by atoms with E-state index in [4.69, 9.17) is 4.98 Å². The Balaban J connectivity index is 1.46. The van der Waals surface area contributed by atoms with Gasteiger partial charge in [-0.15, -0.1) is 0 Å². The molecule has 2 aliphatic rings. The number of carboxylic acids is 1. The summed E-state index contributed by atoms with van der Waals surface area (Å²) in [5, 5.41) is 12.9. The normalized spacial score (nSPS) is 16.6. The first kappa shape index (κ1) is 24.8. The lowest BCUT2D eigenvalue weighted by Crippen LogP contribution is -2.49. The number of hydrogen-bond donors (Lipinski definition) is 2. The third kappa shape index (κ3) is 5.03. The highest BCUT2D eigenvalue weighted by Crippen LogP contribution is 2.33. The lowest BCUT2D eigenvalue weighted by molar-refractivity contribution is -0.131. The monoisotopic (exact) mass is 503 g/mol. The summed E-state index contributed by atoms with van der Waals surface area (Å²) in [6.45, 7) is 8.15. The van der Waals surface area contributed by atoms with Gasteiger partial charge in [-0.05, 0) is 63.3 Å². The third-order valence-corrected chi connectivity index (χ3v) is 7.38. The predicted octanol–water partition coefficient (Wildman–Crippen LogP) is 3.63. The van der Waals surface area contributed by atoms with E-state index in [-0.39, 0.29) is 23.1 Å². The Morgan fingerprint density at radius 2 is 1.84 bits per heavy atom. The maximum absolute atomic E-state index is 13.5. The zero-order valence-electron chi connectivity index (χ0n) is 21.5. The molecule has 3 aromatic rings. The van der Waals surface area contributed by atoms with Crippen LogP contribution in [0, 0.1) is 19.8 Å². The van der Waals surface area contributed by atoms with Gasteiger partial charge in [0.05, 0.1) is 17.2 Å². The van der Waals surface area contributed by atoms with E-state index in [0.29, 0.717) is 61.2 Å². The number of aryl methyl sites for hydroxylation is 1. The van der Waals surface area contributed by atoms with Crippen molar-refractivity contribution in [1.29, 1.82) is 0 Å². The number of para-hydroxylation sites is 1. The molecule has 194 valence electrons. The number of carbonyl (C=O) groups excluding carboxylic acids is 1. The Bertz CT molecular complexity index is 1420. The highest BCUT2D eigenvalue weighted by molar-refractivity contribution is 5.94. The van der Waals surface area contributed by atoms with Gasteiger partial charge in [-0.1, -0.05) is 12.1 Å². The van der Waals surface area contributed by atoms with Crippen molar-refractivity contribution in [2.24, 2.45) is 5.92 Å². The van der Waals surface area contributed by atoms with E-state index in [1.807, 2.05) is 24.8 Å². The Kier molecular flexibility index (Phi) is 6.62. The van der Waals surface area contributed by atoms with Crippen LogP contribution >= 0.6 is 0 Å². The predicted molar refractivity (Wildman–Crippen MR) is 143 cm³/mol. The maximum Gasteiger partial charge on any atom is 0.337 e. The molecule has 1 aliphatic heterocycles. The Morgan fingerprint density at radius 3 is 2.51 bits per heavy atom. The number of piperazine rings is 1. The first-order valence-electron chi connectivity index (χ1n) is 12.9. The van der Waals surface area contributed by atoms with Crippen LogP contribution in [-0.4, -0.2) is 57.4 Å². The van der Waals surface area contributed by atoms with Crippen LogP contribution < -0.4 is 15.8 Å². The second-order valence-corrected chi connectivity index (χ2v) is 10.3. The van der Waals surface area contributed by atoms with Gasteiger partial charge in [-0.3, -0.25) is 14.0 Å². The molecule has 3 heterocycles. The number of aromatic carboxylic acids is 1. The molecule has 1 saturated carbocycles. The largest absolute Gasteiger partial charge is 0.478 e. The van der Waals surface area contributed by atoms with E-state index < -0.39 is 5.97 Å². The van der Waals surface area contributed by atoms with Gasteiger partial charge in [0.2, 0.25) is 5.91 Å². The molecule has 37 heavy (non-hydrogen) atoms. The SMILES string of the molecule is Cc1cc(C(C)Nc2ccccc2C(=O)O)c2nc(N3CCN(C(=O)CC4CC4)CC3)c(C)c(=O)n2c1. The first-order chi connectivity index (χ1) is 17.7. The molecule has 1 aliphatic carbocycles. The summed E-state index contributed by atoms with van der Waals surface area (Å²) in [5.74, 6) is 0.425. The molecule has 1 saturated heterocycles. The maximum atomic E-state index is 13.5. The number of aromatic nitrogens is 2. The number of anilines is 2. The zero-order chi connectivity index (χ0) is 26.3. The van der Waals surface area contributed by atoms with Gasteiger partial charge < -0.3 is 20.2 Å². The third-order valence-electron chi connectivity index (χ3n) is 7.38. The average molecular weight is 504 g/mol. The van der Waals surface area contributed by atoms with Crippen LogP contribution in [0.1, 0.15) is 59.3 Å². The molecule has 1 aromatic carbocycles. The summed E-state index contributed by atoms with van der Waals surface area (Å²) in [5.41, 5.74) is 3.37. The second-order valence-electron chi connectivity index (χ2n) is 10.3. The van der Waals surface area contributed by atoms with Gasteiger partial charge in [0.1, 0.15) is 11.5 Å². The Morgan fingerprint density at radius 1 is 1.14 bits per heavy atom. The van der Waals surface area contributed by atoms with Crippen LogP contribution in [0.25, 0.3) is 5.65 Å². The van der Waals surface area contributed by atoms with Crippen molar-refractivity contribution >= 4 is 29.0 Å². The van der Waals surface area contributed by atoms with E-state index >= 15 is 0 Å². The van der Waals surface area contributed by atoms with Crippen molar-refractivity contribution in [3.8, 4) is 0 Å². The number of nitrogens with zero attached hydrogens (tertiary/aromatic N) is 4. The lowest BCUT2D eigenvalue weighted by Gasteiger charge is -2.36. The molecule has 0 bridgehead atoms. The van der Waals surface area contributed by atoms with Gasteiger partial charge in [0, 0.05) is 50.0 Å². The van der Waals surface area contributed by atoms with Gasteiger partial charge in [-0.25, -0.2) is 9.78 Å². The minimum Gasteiger partial charge on any atom is -0.478 e. The smallest absolute Gasteiger partial charge is 0.337 e. The number of carbonyl (C=O) groups is 2. The molecule has 2 aromatic heterocycles. The molecule has 1 atom stereocenters. The average Bonchev–Trinajstić information content (AvgIpc) is 3.70. The number of hydrogen-bond acceptors (Lipinski definition) is 6. The van der Waals surface area contributed by atoms with E-state index in [0.717, 1.165) is 24.0 Å². The molecule has 2 fully saturated rings. The standard InChI is InChI=1S/C28H33N5O4/c1-17-14-22(19(3)29-23-7-5-4-6-21(23)28(36)37)26-30-25(18(2)27(35)33(26)16-17)32-12-10-31(11-13-32)24(34)15-20-8-9-20/h4-7,14,16,19-20,29H,8-13,15H2,1-3H3,(H,36,37). The second kappa shape index (κ2) is 9.88. The molecule has 2 N–H and O–H groups in total. The number of nitrogens with one attached hydrogen (secondary N) is 1. The van der Waals surface area contributed by atoms with Crippen molar-refractivity contribution in [3.63, 3.8) is 0 Å². The summed E-state index contributed by atoms with van der Waals surface area (Å²) >= 11 is 0. The molecule has 0 spiro atoms. The van der Waals surface area contributed by atoms with Crippen molar-refractivity contribution in [2.45, 2.75) is 46.1 Å². The fourth-order valence-corrected chi connectivity index (χ4v) is 5.08. The summed E-state index contributed by atoms with van der Waals surface area (Å²) in [4.78, 5) is 46.7. The number of benzene rings is 1. The topological polar surface area (TPSA) is 107 Å². The summed E-state index contributed by atoms with van der Waals surface area (Å²) in [7, 11) is 0. The highest BCUT2D eigenvalue weighted by Gasteiger charge is 2.30. The molecule has 0 radical (unpaired) electrons. The van der Waals surface area contributed by atoms with Crippen LogP contribution in [0.15, 0.2) is 41.3 Å². The van der Waals surface area contributed by atoms with Gasteiger partial charge in [-0.2, -0.15) is 0 Å². The van der Waals surface area contributed by atoms with Crippen LogP contribution in [-0.2, 0) is 4.79 Å². The number of rotatable bonds is 7. The van der Waals surface area contributed by atoms with Crippen LogP contribution in [0.5, 0.6) is 0 Å². The summed E-state index contributed by atoms with van der Waals surface area (Å²) in [6.07, 6.45) is 4.75. The van der Waals surface area contributed by atoms with E-state index in [9.17, 15) is 19.5 Å². The first-order valence-corrected chi connectivity index (χ1v) is 12.9. The van der Waals surface area contributed by atoms with Crippen LogP contribution in [0.4, 0.5) is 11.5 Å². The van der Waals surface area contributed by atoms with Crippen molar-refractivity contribution in [3.05, 3.63) is 69.1 Å². The highest BCUT2D eigenvalue weighted by atomic mass is 16.4. The van der Waals surface area contributed by atoms with Gasteiger partial charge in [0.15, 0.2) is 0 Å². The molecule has 5 rings (SSSR count). The quantitative estimate of drug-likeness (QED) is 0.507. The number of fused-ring (bicyclic) bond motifs is 1. The van der Waals surface area contributed by atoms with E-state index in [2.05, 4.69) is 10.2 Å². The Labute approximate surface area is 215 Å². The summed E-state index contributed by atoms with van der Waals surface area (Å²) < 4.78 is 1.58. The number of carboxylic acid groups (broad SMARTS) is 1. The number of pyridine rings is 1. The molecule has 1 amide bonds. The summed E-state index contributed by atoms with van der Waals surface area (Å²) in [6, 6.07) is 8.44. The zero-order valence-corrected chi connectivity index (χ0v) is 21.5. The Hall–Kier alpha value is -3.88. The number of amides is 1. The molecule has 9 nitrogen and oxygen atoms in total. The van der Waals surface area contributed by atoms with Crippen LogP contribution in [0.3, 0.4) is 0 Å². The van der Waals surface area contributed by atoms with Crippen LogP contribution in [0.2, 0.25) is 0 Å². The molecule has 1 unspecified atom stereocenters. The molecular formula is C28H33N5O4. The van der Waals surface area contributed by atoms with E-state index in [1.165, 1.54) is 0 Å². The minimum atomic E-state index is -1.01. The fourth-order valence-electron chi connectivity index (χ4n) is 5.08. The van der Waals surface area contributed by atoms with Gasteiger partial charge >= 0.3 is 5.97 Å². The van der Waals surface area contributed by atoms with E-state index in [1.54, 1.807) is 41.8 Å². The van der Waals surface area contributed by atoms with Crippen molar-refractivity contribution < 1.29 is 14.7 Å². The minimum absolute atomic E-state index is 0.129. The fraction of sp³-hybridized carbons (Fsp3) is 0.429.